The van der Waals surface area contributed by atoms with Crippen LogP contribution in [0.5, 0.6) is 0 Å². The van der Waals surface area contributed by atoms with Gasteiger partial charge >= 0.3 is 6.03 Å². The van der Waals surface area contributed by atoms with E-state index in [-0.39, 0.29) is 24.2 Å². The SMILES string of the molecule is CCC[C@@H](NC(=O)NCc1ccc(F)cc1)C(=O)N1CCC[C@H](c2nncn2C)C1. The van der Waals surface area contributed by atoms with Crippen molar-refractivity contribution in [2.45, 2.75) is 51.1 Å². The van der Waals surface area contributed by atoms with E-state index in [2.05, 4.69) is 20.8 Å². The number of aromatic nitrogens is 3. The second-order valence-corrected chi connectivity index (χ2v) is 7.72. The highest BCUT2D eigenvalue weighted by Gasteiger charge is 2.31. The minimum absolute atomic E-state index is 0.0688. The molecule has 0 spiro atoms. The average Bonchev–Trinajstić information content (AvgIpc) is 3.18. The zero-order valence-corrected chi connectivity index (χ0v) is 17.5. The molecule has 1 fully saturated rings. The molecule has 1 aliphatic rings. The van der Waals surface area contributed by atoms with Gasteiger partial charge in [0.25, 0.3) is 0 Å². The van der Waals surface area contributed by atoms with Crippen molar-refractivity contribution in [3.63, 3.8) is 0 Å². The molecule has 8 nitrogen and oxygen atoms in total. The van der Waals surface area contributed by atoms with Crippen LogP contribution in [-0.4, -0.2) is 50.7 Å². The molecule has 9 heteroatoms. The predicted molar refractivity (Wildman–Crippen MR) is 110 cm³/mol. The number of hydrogen-bond acceptors (Lipinski definition) is 4. The third-order valence-corrected chi connectivity index (χ3v) is 5.39. The summed E-state index contributed by atoms with van der Waals surface area (Å²) in [6.07, 6.45) is 4.85. The smallest absolute Gasteiger partial charge is 0.315 e. The fourth-order valence-corrected chi connectivity index (χ4v) is 3.81. The molecule has 1 saturated heterocycles. The van der Waals surface area contributed by atoms with Gasteiger partial charge in [-0.15, -0.1) is 10.2 Å². The highest BCUT2D eigenvalue weighted by atomic mass is 19.1. The Bertz CT molecular complexity index is 853. The second-order valence-electron chi connectivity index (χ2n) is 7.72. The van der Waals surface area contributed by atoms with Gasteiger partial charge in [-0.1, -0.05) is 25.5 Å². The van der Waals surface area contributed by atoms with Gasteiger partial charge in [0.2, 0.25) is 5.91 Å². The van der Waals surface area contributed by atoms with Crippen LogP contribution < -0.4 is 10.6 Å². The lowest BCUT2D eigenvalue weighted by atomic mass is 9.96. The molecule has 0 aliphatic carbocycles. The number of carbonyl (C=O) groups excluding carboxylic acids is 2. The van der Waals surface area contributed by atoms with E-state index in [4.69, 9.17) is 0 Å². The van der Waals surface area contributed by atoms with Crippen molar-refractivity contribution in [2.75, 3.05) is 13.1 Å². The summed E-state index contributed by atoms with van der Waals surface area (Å²) in [7, 11) is 1.91. The van der Waals surface area contributed by atoms with E-state index in [9.17, 15) is 14.0 Å². The van der Waals surface area contributed by atoms with Crippen LogP contribution in [0.3, 0.4) is 0 Å². The number of urea groups is 1. The summed E-state index contributed by atoms with van der Waals surface area (Å²) in [5, 5.41) is 13.7. The molecule has 3 amide bonds. The van der Waals surface area contributed by atoms with Gasteiger partial charge in [-0.05, 0) is 37.0 Å². The van der Waals surface area contributed by atoms with E-state index in [1.54, 1.807) is 18.5 Å². The maximum absolute atomic E-state index is 13.1. The Hall–Kier alpha value is -2.97. The lowest BCUT2D eigenvalue weighted by Crippen LogP contribution is -2.53. The van der Waals surface area contributed by atoms with Crippen molar-refractivity contribution in [1.29, 1.82) is 0 Å². The number of rotatable bonds is 7. The highest BCUT2D eigenvalue weighted by molar-refractivity contribution is 5.87. The van der Waals surface area contributed by atoms with Crippen LogP contribution in [0.25, 0.3) is 0 Å². The summed E-state index contributed by atoms with van der Waals surface area (Å²) in [6, 6.07) is 4.94. The third kappa shape index (κ3) is 5.55. The maximum atomic E-state index is 13.1. The molecule has 30 heavy (non-hydrogen) atoms. The summed E-state index contributed by atoms with van der Waals surface area (Å²) in [5.41, 5.74) is 0.785. The van der Waals surface area contributed by atoms with Gasteiger partial charge in [-0.3, -0.25) is 4.79 Å². The number of hydrogen-bond donors (Lipinski definition) is 2. The Morgan fingerprint density at radius 1 is 1.30 bits per heavy atom. The van der Waals surface area contributed by atoms with Crippen LogP contribution in [0.15, 0.2) is 30.6 Å². The monoisotopic (exact) mass is 416 g/mol. The fraction of sp³-hybridized carbons (Fsp3) is 0.524. The first kappa shape index (κ1) is 21.7. The summed E-state index contributed by atoms with van der Waals surface area (Å²) < 4.78 is 14.9. The fourth-order valence-electron chi connectivity index (χ4n) is 3.81. The minimum Gasteiger partial charge on any atom is -0.340 e. The topological polar surface area (TPSA) is 92.2 Å². The van der Waals surface area contributed by atoms with Crippen molar-refractivity contribution in [3.05, 3.63) is 47.8 Å². The normalized spacial score (nSPS) is 17.4. The van der Waals surface area contributed by atoms with Gasteiger partial charge in [-0.2, -0.15) is 0 Å². The Morgan fingerprint density at radius 2 is 2.07 bits per heavy atom. The molecule has 3 rings (SSSR count). The molecular weight excluding hydrogens is 387 g/mol. The first-order valence-corrected chi connectivity index (χ1v) is 10.4. The van der Waals surface area contributed by atoms with Gasteiger partial charge in [-0.25, -0.2) is 9.18 Å². The minimum atomic E-state index is -0.582. The zero-order valence-electron chi connectivity index (χ0n) is 17.5. The van der Waals surface area contributed by atoms with Gasteiger partial charge in [0, 0.05) is 32.6 Å². The maximum Gasteiger partial charge on any atom is 0.315 e. The molecule has 2 atom stereocenters. The van der Waals surface area contributed by atoms with E-state index in [0.717, 1.165) is 30.7 Å². The van der Waals surface area contributed by atoms with Crippen molar-refractivity contribution >= 4 is 11.9 Å². The van der Waals surface area contributed by atoms with Crippen LogP contribution in [0.1, 0.15) is 49.9 Å². The number of nitrogens with zero attached hydrogens (tertiary/aromatic N) is 4. The number of amides is 3. The highest BCUT2D eigenvalue weighted by Crippen LogP contribution is 2.25. The van der Waals surface area contributed by atoms with Crippen molar-refractivity contribution in [3.8, 4) is 0 Å². The first-order chi connectivity index (χ1) is 14.5. The Balaban J connectivity index is 1.57. The van der Waals surface area contributed by atoms with Crippen LogP contribution in [-0.2, 0) is 18.4 Å². The third-order valence-electron chi connectivity index (χ3n) is 5.39. The molecule has 0 radical (unpaired) electrons. The van der Waals surface area contributed by atoms with Crippen LogP contribution in [0.2, 0.25) is 0 Å². The molecular formula is C21H29FN6O2. The van der Waals surface area contributed by atoms with Crippen molar-refractivity contribution in [1.82, 2.24) is 30.3 Å². The van der Waals surface area contributed by atoms with Gasteiger partial charge in [0.1, 0.15) is 24.0 Å². The molecule has 2 N–H and O–H groups in total. The van der Waals surface area contributed by atoms with Gasteiger partial charge < -0.3 is 20.1 Å². The van der Waals surface area contributed by atoms with Crippen molar-refractivity contribution in [2.24, 2.45) is 7.05 Å². The van der Waals surface area contributed by atoms with Crippen molar-refractivity contribution < 1.29 is 14.0 Å². The first-order valence-electron chi connectivity index (χ1n) is 10.4. The lowest BCUT2D eigenvalue weighted by Gasteiger charge is -2.34. The Morgan fingerprint density at radius 3 is 2.73 bits per heavy atom. The number of benzene rings is 1. The lowest BCUT2D eigenvalue weighted by molar-refractivity contribution is -0.134. The molecule has 2 heterocycles. The standard InChI is InChI=1S/C21H29FN6O2/c1-3-5-18(25-21(30)23-12-15-7-9-17(22)10-8-15)20(29)28-11-4-6-16(13-28)19-26-24-14-27(19)2/h7-10,14,16,18H,3-6,11-13H2,1-2H3,(H2,23,25,30)/t16-,18+/m0/s1. The van der Waals surface area contributed by atoms with E-state index in [0.29, 0.717) is 19.5 Å². The Kier molecular flexibility index (Phi) is 7.37. The van der Waals surface area contributed by atoms with Gasteiger partial charge in [0.05, 0.1) is 0 Å². The number of carbonyl (C=O) groups is 2. The summed E-state index contributed by atoms with van der Waals surface area (Å²) >= 11 is 0. The molecule has 162 valence electrons. The quantitative estimate of drug-likeness (QED) is 0.725. The molecule has 1 aromatic heterocycles. The summed E-state index contributed by atoms with van der Waals surface area (Å²) in [6.45, 7) is 3.49. The average molecular weight is 417 g/mol. The molecule has 1 aromatic carbocycles. The number of piperidine rings is 1. The van der Waals surface area contributed by atoms with Gasteiger partial charge in [0.15, 0.2) is 0 Å². The van der Waals surface area contributed by atoms with E-state index >= 15 is 0 Å². The molecule has 0 saturated carbocycles. The number of aryl methyl sites for hydroxylation is 1. The van der Waals surface area contributed by atoms with Crippen LogP contribution in [0.4, 0.5) is 9.18 Å². The van der Waals surface area contributed by atoms with E-state index in [1.165, 1.54) is 12.1 Å². The summed E-state index contributed by atoms with van der Waals surface area (Å²) in [4.78, 5) is 27.3. The number of nitrogens with one attached hydrogen (secondary N) is 2. The van der Waals surface area contributed by atoms with Crippen LogP contribution >= 0.6 is 0 Å². The molecule has 1 aliphatic heterocycles. The Labute approximate surface area is 175 Å². The molecule has 2 aromatic rings. The van der Waals surface area contributed by atoms with E-state index in [1.807, 2.05) is 23.4 Å². The van der Waals surface area contributed by atoms with E-state index < -0.39 is 12.1 Å². The predicted octanol–water partition coefficient (Wildman–Crippen LogP) is 2.33. The summed E-state index contributed by atoms with van der Waals surface area (Å²) in [5.74, 6) is 0.632. The second kappa shape index (κ2) is 10.2. The molecule has 0 bridgehead atoms. The zero-order chi connectivity index (χ0) is 21.5. The largest absolute Gasteiger partial charge is 0.340 e. The molecule has 0 unspecified atom stereocenters. The number of halogens is 1. The van der Waals surface area contributed by atoms with Crippen LogP contribution in [0, 0.1) is 5.82 Å². The number of likely N-dealkylation sites (tertiary alicyclic amines) is 1.